The quantitative estimate of drug-likeness (QED) is 0.861. The van der Waals surface area contributed by atoms with E-state index in [4.69, 9.17) is 5.73 Å². The molecule has 1 aromatic rings. The third kappa shape index (κ3) is 3.28. The molecule has 0 radical (unpaired) electrons. The normalized spacial score (nSPS) is 19.1. The van der Waals surface area contributed by atoms with Gasteiger partial charge in [-0.25, -0.2) is 4.39 Å². The fourth-order valence-corrected chi connectivity index (χ4v) is 2.70. The monoisotopic (exact) mass is 279 g/mol. The average molecular weight is 279 g/mol. The van der Waals surface area contributed by atoms with Gasteiger partial charge in [-0.1, -0.05) is 13.0 Å². The number of hydrogen-bond acceptors (Lipinski definition) is 3. The summed E-state index contributed by atoms with van der Waals surface area (Å²) in [4.78, 5) is 13.4. The van der Waals surface area contributed by atoms with Gasteiger partial charge in [-0.2, -0.15) is 0 Å². The van der Waals surface area contributed by atoms with Crippen molar-refractivity contribution in [2.75, 3.05) is 24.5 Å². The SMILES string of the molecule is CCNCc1c(F)cccc1N1CCCC(C(N)=O)C1. The zero-order valence-electron chi connectivity index (χ0n) is 11.9. The van der Waals surface area contributed by atoms with E-state index in [-0.39, 0.29) is 17.6 Å². The van der Waals surface area contributed by atoms with Crippen molar-refractivity contribution in [1.29, 1.82) is 0 Å². The molecule has 3 N–H and O–H groups in total. The Morgan fingerprint density at radius 2 is 2.35 bits per heavy atom. The molecule has 1 amide bonds. The van der Waals surface area contributed by atoms with E-state index in [0.717, 1.165) is 31.6 Å². The largest absolute Gasteiger partial charge is 0.370 e. The highest BCUT2D eigenvalue weighted by atomic mass is 19.1. The Hall–Kier alpha value is -1.62. The summed E-state index contributed by atoms with van der Waals surface area (Å²) in [7, 11) is 0. The Bertz CT molecular complexity index is 478. The van der Waals surface area contributed by atoms with Gasteiger partial charge < -0.3 is 16.0 Å². The van der Waals surface area contributed by atoms with E-state index in [1.807, 2.05) is 13.0 Å². The number of rotatable bonds is 5. The van der Waals surface area contributed by atoms with Crippen LogP contribution in [0.4, 0.5) is 10.1 Å². The topological polar surface area (TPSA) is 58.4 Å². The van der Waals surface area contributed by atoms with Crippen molar-refractivity contribution in [3.05, 3.63) is 29.6 Å². The zero-order chi connectivity index (χ0) is 14.5. The first-order valence-electron chi connectivity index (χ1n) is 7.15. The number of nitrogens with two attached hydrogens (primary N) is 1. The van der Waals surface area contributed by atoms with Crippen LogP contribution < -0.4 is 16.0 Å². The van der Waals surface area contributed by atoms with Gasteiger partial charge in [-0.05, 0) is 31.5 Å². The van der Waals surface area contributed by atoms with Gasteiger partial charge in [0.15, 0.2) is 0 Å². The first-order chi connectivity index (χ1) is 9.63. The average Bonchev–Trinajstić information content (AvgIpc) is 2.46. The summed E-state index contributed by atoms with van der Waals surface area (Å²) in [5.41, 5.74) is 6.94. The predicted octanol–water partition coefficient (Wildman–Crippen LogP) is 1.64. The van der Waals surface area contributed by atoms with E-state index in [2.05, 4.69) is 10.2 Å². The van der Waals surface area contributed by atoms with Crippen molar-refractivity contribution in [3.63, 3.8) is 0 Å². The first kappa shape index (κ1) is 14.8. The third-order valence-corrected chi connectivity index (χ3v) is 3.81. The molecule has 1 aromatic carbocycles. The second-order valence-corrected chi connectivity index (χ2v) is 5.21. The van der Waals surface area contributed by atoms with Gasteiger partial charge in [0.25, 0.3) is 0 Å². The maximum atomic E-state index is 14.0. The van der Waals surface area contributed by atoms with Gasteiger partial charge in [0.2, 0.25) is 5.91 Å². The molecule has 0 bridgehead atoms. The summed E-state index contributed by atoms with van der Waals surface area (Å²) < 4.78 is 14.0. The summed E-state index contributed by atoms with van der Waals surface area (Å²) in [5.74, 6) is -0.608. The van der Waals surface area contributed by atoms with Crippen molar-refractivity contribution in [3.8, 4) is 0 Å². The molecule has 4 nitrogen and oxygen atoms in total. The minimum Gasteiger partial charge on any atom is -0.370 e. The van der Waals surface area contributed by atoms with Crippen LogP contribution >= 0.6 is 0 Å². The van der Waals surface area contributed by atoms with E-state index in [9.17, 15) is 9.18 Å². The molecule has 2 rings (SSSR count). The number of piperidine rings is 1. The van der Waals surface area contributed by atoms with E-state index >= 15 is 0 Å². The number of carbonyl (C=O) groups is 1. The first-order valence-corrected chi connectivity index (χ1v) is 7.15. The number of amides is 1. The molecular weight excluding hydrogens is 257 g/mol. The lowest BCUT2D eigenvalue weighted by Gasteiger charge is -2.34. The van der Waals surface area contributed by atoms with E-state index in [0.29, 0.717) is 18.7 Å². The van der Waals surface area contributed by atoms with Crippen molar-refractivity contribution < 1.29 is 9.18 Å². The minimum atomic E-state index is -0.265. The maximum absolute atomic E-state index is 14.0. The van der Waals surface area contributed by atoms with Gasteiger partial charge in [-0.15, -0.1) is 0 Å². The van der Waals surface area contributed by atoms with Crippen LogP contribution in [-0.4, -0.2) is 25.5 Å². The zero-order valence-corrected chi connectivity index (χ0v) is 11.9. The van der Waals surface area contributed by atoms with Crippen molar-refractivity contribution in [1.82, 2.24) is 5.32 Å². The smallest absolute Gasteiger partial charge is 0.222 e. The van der Waals surface area contributed by atoms with Crippen molar-refractivity contribution >= 4 is 11.6 Å². The van der Waals surface area contributed by atoms with Gasteiger partial charge in [0.05, 0.1) is 5.92 Å². The number of anilines is 1. The van der Waals surface area contributed by atoms with E-state index < -0.39 is 0 Å². The molecule has 110 valence electrons. The van der Waals surface area contributed by atoms with Gasteiger partial charge in [0, 0.05) is 30.9 Å². The van der Waals surface area contributed by atoms with Crippen LogP contribution in [0.3, 0.4) is 0 Å². The Labute approximate surface area is 119 Å². The molecule has 20 heavy (non-hydrogen) atoms. The molecule has 1 aliphatic heterocycles. The molecule has 1 aliphatic rings. The number of nitrogens with zero attached hydrogens (tertiary/aromatic N) is 1. The van der Waals surface area contributed by atoms with Crippen LogP contribution in [0.1, 0.15) is 25.3 Å². The maximum Gasteiger partial charge on any atom is 0.222 e. The molecule has 0 spiro atoms. The van der Waals surface area contributed by atoms with Crippen LogP contribution in [-0.2, 0) is 11.3 Å². The lowest BCUT2D eigenvalue weighted by atomic mass is 9.96. The molecule has 1 heterocycles. The van der Waals surface area contributed by atoms with Crippen LogP contribution in [0.2, 0.25) is 0 Å². The molecule has 0 aliphatic carbocycles. The molecule has 1 fully saturated rings. The van der Waals surface area contributed by atoms with Gasteiger partial charge in [-0.3, -0.25) is 4.79 Å². The summed E-state index contributed by atoms with van der Waals surface area (Å²) in [6.07, 6.45) is 1.73. The number of carbonyl (C=O) groups excluding carboxylic acids is 1. The van der Waals surface area contributed by atoms with Crippen LogP contribution in [0, 0.1) is 11.7 Å². The number of benzene rings is 1. The number of hydrogen-bond donors (Lipinski definition) is 2. The number of primary amides is 1. The highest BCUT2D eigenvalue weighted by Gasteiger charge is 2.25. The fraction of sp³-hybridized carbons (Fsp3) is 0.533. The molecule has 5 heteroatoms. The summed E-state index contributed by atoms with van der Waals surface area (Å²) in [5, 5.41) is 3.16. The van der Waals surface area contributed by atoms with Crippen molar-refractivity contribution in [2.45, 2.75) is 26.3 Å². The number of halogens is 1. The Morgan fingerprint density at radius 3 is 3.05 bits per heavy atom. The third-order valence-electron chi connectivity index (χ3n) is 3.81. The Morgan fingerprint density at radius 1 is 1.55 bits per heavy atom. The molecule has 0 saturated carbocycles. The Kier molecular flexibility index (Phi) is 4.95. The highest BCUT2D eigenvalue weighted by Crippen LogP contribution is 2.28. The lowest BCUT2D eigenvalue weighted by molar-refractivity contribution is -0.122. The molecular formula is C15H22FN3O. The molecule has 1 saturated heterocycles. The second-order valence-electron chi connectivity index (χ2n) is 5.21. The van der Waals surface area contributed by atoms with Crippen LogP contribution in [0.5, 0.6) is 0 Å². The Balaban J connectivity index is 2.22. The molecule has 0 aromatic heterocycles. The van der Waals surface area contributed by atoms with E-state index in [1.54, 1.807) is 6.07 Å². The predicted molar refractivity (Wildman–Crippen MR) is 77.9 cm³/mol. The summed E-state index contributed by atoms with van der Waals surface area (Å²) in [6.45, 7) is 4.70. The van der Waals surface area contributed by atoms with Crippen molar-refractivity contribution in [2.24, 2.45) is 11.7 Å². The number of nitrogens with one attached hydrogen (secondary N) is 1. The highest BCUT2D eigenvalue weighted by molar-refractivity contribution is 5.77. The lowest BCUT2D eigenvalue weighted by Crippen LogP contribution is -2.41. The second kappa shape index (κ2) is 6.70. The summed E-state index contributed by atoms with van der Waals surface area (Å²) in [6, 6.07) is 5.11. The van der Waals surface area contributed by atoms with Crippen LogP contribution in [0.25, 0.3) is 0 Å². The summed E-state index contributed by atoms with van der Waals surface area (Å²) >= 11 is 0. The fourth-order valence-electron chi connectivity index (χ4n) is 2.70. The van der Waals surface area contributed by atoms with Gasteiger partial charge >= 0.3 is 0 Å². The molecule has 1 unspecified atom stereocenters. The minimum absolute atomic E-state index is 0.140. The standard InChI is InChI=1S/C15H22FN3O/c1-2-18-9-12-13(16)6-3-7-14(12)19-8-4-5-11(10-19)15(17)20/h3,6-7,11,18H,2,4-5,8-10H2,1H3,(H2,17,20). The van der Waals surface area contributed by atoms with Gasteiger partial charge in [0.1, 0.15) is 5.82 Å². The van der Waals surface area contributed by atoms with Crippen LogP contribution in [0.15, 0.2) is 18.2 Å². The van der Waals surface area contributed by atoms with E-state index in [1.165, 1.54) is 6.07 Å². The molecule has 1 atom stereocenters.